The van der Waals surface area contributed by atoms with E-state index in [4.69, 9.17) is 4.74 Å². The standard InChI is InChI=1S/C14H10F2N2O4/c15-12-5-4-11(7-13(12)16)22-8-14(19)17-9-2-1-3-10(6-9)18(20)21/h1-7H,8H2,(H,17,19). The lowest BCUT2D eigenvalue weighted by atomic mass is 10.3. The van der Waals surface area contributed by atoms with Crippen LogP contribution in [-0.2, 0) is 4.79 Å². The van der Waals surface area contributed by atoms with Crippen LogP contribution in [0.5, 0.6) is 5.75 Å². The molecule has 22 heavy (non-hydrogen) atoms. The fourth-order valence-corrected chi connectivity index (χ4v) is 1.61. The van der Waals surface area contributed by atoms with Gasteiger partial charge in [0.2, 0.25) is 0 Å². The van der Waals surface area contributed by atoms with Crippen LogP contribution < -0.4 is 10.1 Å². The number of hydrogen-bond acceptors (Lipinski definition) is 4. The van der Waals surface area contributed by atoms with Crippen LogP contribution in [0.4, 0.5) is 20.2 Å². The topological polar surface area (TPSA) is 81.5 Å². The summed E-state index contributed by atoms with van der Waals surface area (Å²) in [6.45, 7) is -0.451. The zero-order valence-electron chi connectivity index (χ0n) is 11.1. The second-order valence-corrected chi connectivity index (χ2v) is 4.22. The zero-order chi connectivity index (χ0) is 16.1. The molecule has 6 nitrogen and oxygen atoms in total. The Labute approximate surface area is 123 Å². The molecule has 1 N–H and O–H groups in total. The van der Waals surface area contributed by atoms with Gasteiger partial charge in [-0.1, -0.05) is 6.07 Å². The van der Waals surface area contributed by atoms with Gasteiger partial charge in [0.25, 0.3) is 11.6 Å². The molecule has 2 aromatic carbocycles. The molecule has 0 aliphatic rings. The maximum Gasteiger partial charge on any atom is 0.271 e. The number of carbonyl (C=O) groups is 1. The van der Waals surface area contributed by atoms with Crippen molar-refractivity contribution in [2.24, 2.45) is 0 Å². The lowest BCUT2D eigenvalue weighted by Gasteiger charge is -2.07. The molecule has 0 saturated carbocycles. The van der Waals surface area contributed by atoms with Crippen molar-refractivity contribution in [1.29, 1.82) is 0 Å². The predicted octanol–water partition coefficient (Wildman–Crippen LogP) is 2.89. The molecule has 0 atom stereocenters. The lowest BCUT2D eigenvalue weighted by molar-refractivity contribution is -0.384. The normalized spacial score (nSPS) is 10.1. The van der Waals surface area contributed by atoms with Crippen molar-refractivity contribution >= 4 is 17.3 Å². The monoisotopic (exact) mass is 308 g/mol. The van der Waals surface area contributed by atoms with Gasteiger partial charge in [-0.05, 0) is 18.2 Å². The van der Waals surface area contributed by atoms with Crippen molar-refractivity contribution in [2.45, 2.75) is 0 Å². The van der Waals surface area contributed by atoms with Gasteiger partial charge in [0.05, 0.1) is 4.92 Å². The summed E-state index contributed by atoms with van der Waals surface area (Å²) >= 11 is 0. The third-order valence-corrected chi connectivity index (χ3v) is 2.60. The van der Waals surface area contributed by atoms with E-state index in [0.29, 0.717) is 0 Å². The molecule has 8 heteroatoms. The molecule has 0 aliphatic carbocycles. The summed E-state index contributed by atoms with van der Waals surface area (Å²) in [6.07, 6.45) is 0. The van der Waals surface area contributed by atoms with Crippen molar-refractivity contribution in [3.63, 3.8) is 0 Å². The van der Waals surface area contributed by atoms with E-state index in [1.807, 2.05) is 0 Å². The molecule has 2 aromatic rings. The van der Waals surface area contributed by atoms with E-state index in [9.17, 15) is 23.7 Å². The number of anilines is 1. The number of ether oxygens (including phenoxy) is 1. The van der Waals surface area contributed by atoms with Crippen LogP contribution in [0.15, 0.2) is 42.5 Å². The summed E-state index contributed by atoms with van der Waals surface area (Å²) in [5, 5.41) is 13.0. The van der Waals surface area contributed by atoms with Crippen LogP contribution in [0, 0.1) is 21.7 Å². The molecule has 0 aliphatic heterocycles. The molecule has 2 rings (SSSR count). The Hall–Kier alpha value is -3.03. The van der Waals surface area contributed by atoms with E-state index >= 15 is 0 Å². The fraction of sp³-hybridized carbons (Fsp3) is 0.0714. The van der Waals surface area contributed by atoms with E-state index in [1.165, 1.54) is 30.3 Å². The van der Waals surface area contributed by atoms with Gasteiger partial charge < -0.3 is 10.1 Å². The molecule has 0 spiro atoms. The number of nitro groups is 1. The Kier molecular flexibility index (Phi) is 4.62. The highest BCUT2D eigenvalue weighted by Gasteiger charge is 2.09. The van der Waals surface area contributed by atoms with Gasteiger partial charge in [-0.25, -0.2) is 8.78 Å². The van der Waals surface area contributed by atoms with E-state index < -0.39 is 29.1 Å². The summed E-state index contributed by atoms with van der Waals surface area (Å²) in [5.41, 5.74) is 0.0624. The van der Waals surface area contributed by atoms with E-state index in [0.717, 1.165) is 12.1 Å². The van der Waals surface area contributed by atoms with E-state index in [2.05, 4.69) is 5.32 Å². The van der Waals surface area contributed by atoms with Gasteiger partial charge in [0, 0.05) is 23.9 Å². The summed E-state index contributed by atoms with van der Waals surface area (Å²) in [6, 6.07) is 8.24. The van der Waals surface area contributed by atoms with Gasteiger partial charge in [0.15, 0.2) is 18.2 Å². The number of nitrogens with zero attached hydrogens (tertiary/aromatic N) is 1. The number of amides is 1. The highest BCUT2D eigenvalue weighted by atomic mass is 19.2. The number of hydrogen-bond donors (Lipinski definition) is 1. The number of rotatable bonds is 5. The first-order chi connectivity index (χ1) is 10.5. The van der Waals surface area contributed by atoms with Crippen LogP contribution in [-0.4, -0.2) is 17.4 Å². The van der Waals surface area contributed by atoms with Gasteiger partial charge in [0.1, 0.15) is 5.75 Å². The highest BCUT2D eigenvalue weighted by Crippen LogP contribution is 2.18. The van der Waals surface area contributed by atoms with Crippen molar-refractivity contribution in [3.8, 4) is 5.75 Å². The molecular formula is C14H10F2N2O4. The molecule has 0 aromatic heterocycles. The van der Waals surface area contributed by atoms with Gasteiger partial charge in [-0.2, -0.15) is 0 Å². The molecule has 0 radical (unpaired) electrons. The predicted molar refractivity (Wildman–Crippen MR) is 73.6 cm³/mol. The Bertz CT molecular complexity index is 722. The van der Waals surface area contributed by atoms with E-state index in [1.54, 1.807) is 0 Å². The van der Waals surface area contributed by atoms with Crippen LogP contribution >= 0.6 is 0 Å². The second kappa shape index (κ2) is 6.61. The van der Waals surface area contributed by atoms with Crippen LogP contribution in [0.3, 0.4) is 0 Å². The lowest BCUT2D eigenvalue weighted by Crippen LogP contribution is -2.20. The minimum absolute atomic E-state index is 0.00640. The van der Waals surface area contributed by atoms with Crippen molar-refractivity contribution in [1.82, 2.24) is 0 Å². The third kappa shape index (κ3) is 3.98. The Morgan fingerprint density at radius 2 is 1.95 bits per heavy atom. The number of halogens is 2. The molecule has 0 bridgehead atoms. The van der Waals surface area contributed by atoms with Crippen LogP contribution in [0.1, 0.15) is 0 Å². The van der Waals surface area contributed by atoms with Gasteiger partial charge in [-0.15, -0.1) is 0 Å². The SMILES string of the molecule is O=C(COc1ccc(F)c(F)c1)Nc1cccc([N+](=O)[O-])c1. The van der Waals surface area contributed by atoms with Gasteiger partial charge >= 0.3 is 0 Å². The quantitative estimate of drug-likeness (QED) is 0.680. The average Bonchev–Trinajstić information content (AvgIpc) is 2.49. The van der Waals surface area contributed by atoms with Crippen LogP contribution in [0.2, 0.25) is 0 Å². The first-order valence-corrected chi connectivity index (χ1v) is 6.08. The Balaban J connectivity index is 1.94. The first kappa shape index (κ1) is 15.4. The molecule has 1 amide bonds. The maximum absolute atomic E-state index is 13.0. The fourth-order valence-electron chi connectivity index (χ4n) is 1.61. The zero-order valence-corrected chi connectivity index (χ0v) is 11.1. The second-order valence-electron chi connectivity index (χ2n) is 4.22. The van der Waals surface area contributed by atoms with E-state index in [-0.39, 0.29) is 17.1 Å². The van der Waals surface area contributed by atoms with Gasteiger partial charge in [-0.3, -0.25) is 14.9 Å². The van der Waals surface area contributed by atoms with Crippen molar-refractivity contribution in [2.75, 3.05) is 11.9 Å². The maximum atomic E-state index is 13.0. The van der Waals surface area contributed by atoms with Crippen LogP contribution in [0.25, 0.3) is 0 Å². The number of non-ortho nitro benzene ring substituents is 1. The molecular weight excluding hydrogens is 298 g/mol. The largest absolute Gasteiger partial charge is 0.484 e. The molecule has 0 heterocycles. The summed E-state index contributed by atoms with van der Waals surface area (Å²) in [4.78, 5) is 21.7. The number of carbonyl (C=O) groups excluding carboxylic acids is 1. The third-order valence-electron chi connectivity index (χ3n) is 2.60. The summed E-state index contributed by atoms with van der Waals surface area (Å²) < 4.78 is 30.7. The highest BCUT2D eigenvalue weighted by molar-refractivity contribution is 5.92. The summed E-state index contributed by atoms with van der Waals surface area (Å²) in [5.74, 6) is -2.71. The Morgan fingerprint density at radius 3 is 2.64 bits per heavy atom. The number of benzene rings is 2. The summed E-state index contributed by atoms with van der Waals surface area (Å²) in [7, 11) is 0. The average molecular weight is 308 g/mol. The first-order valence-electron chi connectivity index (χ1n) is 6.08. The molecule has 114 valence electrons. The number of nitro benzene ring substituents is 1. The van der Waals surface area contributed by atoms with Crippen molar-refractivity contribution in [3.05, 3.63) is 64.2 Å². The number of nitrogens with one attached hydrogen (secondary N) is 1. The molecule has 0 fully saturated rings. The molecule has 0 saturated heterocycles. The minimum Gasteiger partial charge on any atom is -0.484 e. The minimum atomic E-state index is -1.09. The Morgan fingerprint density at radius 1 is 1.18 bits per heavy atom. The smallest absolute Gasteiger partial charge is 0.271 e. The molecule has 0 unspecified atom stereocenters. The van der Waals surface area contributed by atoms with Crippen molar-refractivity contribution < 1.29 is 23.2 Å².